The van der Waals surface area contributed by atoms with Crippen LogP contribution in [0.25, 0.3) is 0 Å². The van der Waals surface area contributed by atoms with Crippen LogP contribution in [0.3, 0.4) is 0 Å². The molecule has 1 N–H and O–H groups in total. The van der Waals surface area contributed by atoms with E-state index >= 15 is 0 Å². The smallest absolute Gasteiger partial charge is 0.285 e. The summed E-state index contributed by atoms with van der Waals surface area (Å²) < 4.78 is 13.9. The van der Waals surface area contributed by atoms with Crippen LogP contribution >= 0.6 is 15.9 Å². The predicted octanol–water partition coefficient (Wildman–Crippen LogP) is 3.43. The first-order valence-corrected chi connectivity index (χ1v) is 6.74. The molecule has 0 unspecified atom stereocenters. The van der Waals surface area contributed by atoms with Crippen molar-refractivity contribution >= 4 is 27.5 Å². The minimum Gasteiger partial charge on any atom is -0.348 e. The van der Waals surface area contributed by atoms with Gasteiger partial charge in [0.15, 0.2) is 0 Å². The van der Waals surface area contributed by atoms with E-state index in [2.05, 4.69) is 21.2 Å². The molecule has 2 rings (SSSR count). The molecule has 0 saturated heterocycles. The lowest BCUT2D eigenvalue weighted by molar-refractivity contribution is -0.385. The van der Waals surface area contributed by atoms with Crippen LogP contribution in [0.2, 0.25) is 0 Å². The topological polar surface area (TPSA) is 72.2 Å². The Balaban J connectivity index is 2.18. The largest absolute Gasteiger partial charge is 0.348 e. The van der Waals surface area contributed by atoms with E-state index in [9.17, 15) is 19.3 Å². The predicted molar refractivity (Wildman–Crippen MR) is 78.4 cm³/mol. The van der Waals surface area contributed by atoms with Gasteiger partial charge in [0.2, 0.25) is 0 Å². The maximum absolute atomic E-state index is 13.0. The molecule has 0 aliphatic rings. The van der Waals surface area contributed by atoms with E-state index in [1.807, 2.05) is 24.3 Å². The average molecular weight is 353 g/mol. The highest BCUT2D eigenvalue weighted by molar-refractivity contribution is 9.10. The van der Waals surface area contributed by atoms with Gasteiger partial charge in [-0.1, -0.05) is 34.1 Å². The summed E-state index contributed by atoms with van der Waals surface area (Å²) in [7, 11) is 0. The third-order valence-corrected chi connectivity index (χ3v) is 3.57. The lowest BCUT2D eigenvalue weighted by Crippen LogP contribution is -2.24. The molecule has 0 fully saturated rings. The molecule has 0 aromatic heterocycles. The number of nitro groups is 1. The van der Waals surface area contributed by atoms with Gasteiger partial charge in [-0.15, -0.1) is 0 Å². The lowest BCUT2D eigenvalue weighted by Gasteiger charge is -2.07. The zero-order valence-corrected chi connectivity index (χ0v) is 12.3. The summed E-state index contributed by atoms with van der Waals surface area (Å²) in [5, 5.41) is 13.4. The second-order valence-electron chi connectivity index (χ2n) is 4.19. The van der Waals surface area contributed by atoms with Crippen molar-refractivity contribution in [1.82, 2.24) is 5.32 Å². The van der Waals surface area contributed by atoms with Crippen molar-refractivity contribution in [2.75, 3.05) is 0 Å². The van der Waals surface area contributed by atoms with Crippen LogP contribution in [-0.2, 0) is 6.54 Å². The van der Waals surface area contributed by atoms with Crippen LogP contribution < -0.4 is 5.32 Å². The highest BCUT2D eigenvalue weighted by Crippen LogP contribution is 2.20. The second-order valence-corrected chi connectivity index (χ2v) is 5.05. The molecule has 2 aromatic carbocycles. The summed E-state index contributed by atoms with van der Waals surface area (Å²) >= 11 is 3.34. The van der Waals surface area contributed by atoms with Crippen LogP contribution in [0.5, 0.6) is 0 Å². The zero-order valence-electron chi connectivity index (χ0n) is 10.7. The average Bonchev–Trinajstić information content (AvgIpc) is 2.46. The summed E-state index contributed by atoms with van der Waals surface area (Å²) in [5.41, 5.74) is 0.101. The minimum atomic E-state index is -0.781. The van der Waals surface area contributed by atoms with Gasteiger partial charge in [-0.2, -0.15) is 0 Å². The minimum absolute atomic E-state index is 0.173. The van der Waals surface area contributed by atoms with Gasteiger partial charge >= 0.3 is 0 Å². The number of nitrogens with zero attached hydrogens (tertiary/aromatic N) is 1. The van der Waals surface area contributed by atoms with E-state index < -0.39 is 22.3 Å². The van der Waals surface area contributed by atoms with Gasteiger partial charge in [-0.25, -0.2) is 4.39 Å². The number of hydrogen-bond acceptors (Lipinski definition) is 3. The molecule has 0 aliphatic carbocycles. The highest BCUT2D eigenvalue weighted by Gasteiger charge is 2.20. The fourth-order valence-electron chi connectivity index (χ4n) is 1.76. The maximum Gasteiger partial charge on any atom is 0.285 e. The third-order valence-electron chi connectivity index (χ3n) is 2.80. The number of amides is 1. The first-order valence-electron chi connectivity index (χ1n) is 5.94. The summed E-state index contributed by atoms with van der Waals surface area (Å²) in [6.45, 7) is 0.203. The normalized spacial score (nSPS) is 10.2. The summed E-state index contributed by atoms with van der Waals surface area (Å²) in [6.07, 6.45) is 0. The van der Waals surface area contributed by atoms with Gasteiger partial charge in [-0.3, -0.25) is 14.9 Å². The fourth-order valence-corrected chi connectivity index (χ4v) is 2.19. The molecule has 0 radical (unpaired) electrons. The van der Waals surface area contributed by atoms with Gasteiger partial charge in [0.05, 0.1) is 11.0 Å². The van der Waals surface area contributed by atoms with Crippen molar-refractivity contribution < 1.29 is 14.1 Å². The van der Waals surface area contributed by atoms with E-state index in [1.54, 1.807) is 0 Å². The molecular formula is C14H10BrFN2O3. The van der Waals surface area contributed by atoms with Crippen molar-refractivity contribution in [3.05, 3.63) is 74.0 Å². The van der Waals surface area contributed by atoms with Crippen molar-refractivity contribution in [1.29, 1.82) is 0 Å². The quantitative estimate of drug-likeness (QED) is 0.676. The number of rotatable bonds is 4. The van der Waals surface area contributed by atoms with Crippen molar-refractivity contribution in [2.24, 2.45) is 0 Å². The SMILES string of the molecule is O=C(NCc1ccccc1Br)c1ccc(F)cc1[N+](=O)[O-]. The molecule has 0 saturated carbocycles. The van der Waals surface area contributed by atoms with Crippen LogP contribution in [0.15, 0.2) is 46.9 Å². The lowest BCUT2D eigenvalue weighted by atomic mass is 10.1. The first kappa shape index (κ1) is 15.1. The summed E-state index contributed by atoms with van der Waals surface area (Å²) in [4.78, 5) is 22.1. The monoisotopic (exact) mass is 352 g/mol. The van der Waals surface area contributed by atoms with Crippen molar-refractivity contribution in [2.45, 2.75) is 6.54 Å². The summed E-state index contributed by atoms with van der Waals surface area (Å²) in [6, 6.07) is 10.1. The molecule has 108 valence electrons. The Morgan fingerprint density at radius 3 is 2.67 bits per heavy atom. The van der Waals surface area contributed by atoms with E-state index in [1.165, 1.54) is 0 Å². The van der Waals surface area contributed by atoms with Crippen molar-refractivity contribution in [3.8, 4) is 0 Å². The number of nitro benzene ring substituents is 1. The Morgan fingerprint density at radius 1 is 1.29 bits per heavy atom. The van der Waals surface area contributed by atoms with E-state index in [-0.39, 0.29) is 12.1 Å². The van der Waals surface area contributed by atoms with Crippen LogP contribution in [0, 0.1) is 15.9 Å². The second kappa shape index (κ2) is 6.45. The van der Waals surface area contributed by atoms with Crippen LogP contribution in [0.4, 0.5) is 10.1 Å². The summed E-state index contributed by atoms with van der Waals surface area (Å²) in [5.74, 6) is -1.39. The van der Waals surface area contributed by atoms with Gasteiger partial charge < -0.3 is 5.32 Å². The van der Waals surface area contributed by atoms with Crippen LogP contribution in [0.1, 0.15) is 15.9 Å². The first-order chi connectivity index (χ1) is 9.99. The Labute approximate surface area is 128 Å². The Kier molecular flexibility index (Phi) is 4.64. The molecule has 0 spiro atoms. The fraction of sp³-hybridized carbons (Fsp3) is 0.0714. The number of benzene rings is 2. The Morgan fingerprint density at radius 2 is 2.00 bits per heavy atom. The van der Waals surface area contributed by atoms with Gasteiger partial charge in [0, 0.05) is 11.0 Å². The molecule has 21 heavy (non-hydrogen) atoms. The molecule has 5 nitrogen and oxygen atoms in total. The molecule has 0 atom stereocenters. The third kappa shape index (κ3) is 3.63. The number of carbonyl (C=O) groups is 1. The number of nitrogens with one attached hydrogen (secondary N) is 1. The maximum atomic E-state index is 13.0. The molecule has 0 aliphatic heterocycles. The van der Waals surface area contributed by atoms with E-state index in [0.717, 1.165) is 28.2 Å². The molecule has 0 bridgehead atoms. The van der Waals surface area contributed by atoms with Gasteiger partial charge in [0.1, 0.15) is 11.4 Å². The Bertz CT molecular complexity index is 706. The molecular weight excluding hydrogens is 343 g/mol. The van der Waals surface area contributed by atoms with E-state index in [0.29, 0.717) is 0 Å². The van der Waals surface area contributed by atoms with Gasteiger partial charge in [0.25, 0.3) is 11.6 Å². The van der Waals surface area contributed by atoms with Gasteiger partial charge in [-0.05, 0) is 23.8 Å². The highest BCUT2D eigenvalue weighted by atomic mass is 79.9. The van der Waals surface area contributed by atoms with E-state index in [4.69, 9.17) is 0 Å². The molecule has 7 heteroatoms. The number of carbonyl (C=O) groups excluding carboxylic acids is 1. The Hall–Kier alpha value is -2.28. The van der Waals surface area contributed by atoms with Crippen LogP contribution in [-0.4, -0.2) is 10.8 Å². The molecule has 1 amide bonds. The van der Waals surface area contributed by atoms with Crippen molar-refractivity contribution in [3.63, 3.8) is 0 Å². The zero-order chi connectivity index (χ0) is 15.4. The molecule has 0 heterocycles. The number of halogens is 2. The standard InChI is InChI=1S/C14H10BrFN2O3/c15-12-4-2-1-3-9(12)8-17-14(19)11-6-5-10(16)7-13(11)18(20)21/h1-7H,8H2,(H,17,19). The molecule has 2 aromatic rings. The number of hydrogen-bond donors (Lipinski definition) is 1.